The molecule has 0 heterocycles. The van der Waals surface area contributed by atoms with Crippen molar-refractivity contribution in [3.63, 3.8) is 0 Å². The lowest BCUT2D eigenvalue weighted by Crippen LogP contribution is -2.33. The molecule has 0 spiro atoms. The van der Waals surface area contributed by atoms with Gasteiger partial charge < -0.3 is 14.7 Å². The Morgan fingerprint density at radius 3 is 2.48 bits per heavy atom. The maximum absolute atomic E-state index is 12.3. The number of ether oxygens (including phenoxy) is 1. The van der Waals surface area contributed by atoms with Gasteiger partial charge in [-0.3, -0.25) is 9.59 Å². The van der Waals surface area contributed by atoms with Crippen LogP contribution in [-0.2, 0) is 16.0 Å². The average Bonchev–Trinajstić information content (AvgIpc) is 2.44. The zero-order chi connectivity index (χ0) is 17.6. The number of alkyl halides is 3. The number of hydrogen-bond donors (Lipinski definition) is 1. The van der Waals surface area contributed by atoms with E-state index in [1.54, 1.807) is 6.07 Å². The highest BCUT2D eigenvalue weighted by Crippen LogP contribution is 2.27. The number of rotatable bonds is 7. The Morgan fingerprint density at radius 1 is 1.30 bits per heavy atom. The topological polar surface area (TPSA) is 66.8 Å². The largest absolute Gasteiger partial charge is 0.573 e. The van der Waals surface area contributed by atoms with Gasteiger partial charge in [-0.2, -0.15) is 0 Å². The number of para-hydroxylation sites is 1. The molecule has 0 saturated heterocycles. The third kappa shape index (κ3) is 6.58. The van der Waals surface area contributed by atoms with Gasteiger partial charge in [0.15, 0.2) is 0 Å². The summed E-state index contributed by atoms with van der Waals surface area (Å²) in [5, 5.41) is 8.80. The van der Waals surface area contributed by atoms with Gasteiger partial charge in [-0.05, 0) is 18.1 Å². The van der Waals surface area contributed by atoms with Crippen LogP contribution in [0.5, 0.6) is 5.75 Å². The molecule has 23 heavy (non-hydrogen) atoms. The molecule has 128 valence electrons. The first kappa shape index (κ1) is 18.8. The molecule has 0 aromatic heterocycles. The molecule has 1 atom stereocenters. The second-order valence-corrected chi connectivity index (χ2v) is 5.17. The van der Waals surface area contributed by atoms with Crippen molar-refractivity contribution in [2.75, 3.05) is 13.6 Å². The van der Waals surface area contributed by atoms with Crippen LogP contribution in [0.4, 0.5) is 13.2 Å². The molecule has 1 unspecified atom stereocenters. The molecule has 0 aliphatic carbocycles. The van der Waals surface area contributed by atoms with Crippen LogP contribution < -0.4 is 4.74 Å². The minimum atomic E-state index is -4.80. The third-order valence-electron chi connectivity index (χ3n) is 3.20. The van der Waals surface area contributed by atoms with Gasteiger partial charge in [0, 0.05) is 20.0 Å². The number of aliphatic carboxylic acids is 1. The van der Waals surface area contributed by atoms with Gasteiger partial charge in [-0.1, -0.05) is 25.1 Å². The lowest BCUT2D eigenvalue weighted by molar-refractivity contribution is -0.274. The van der Waals surface area contributed by atoms with E-state index in [0.717, 1.165) is 0 Å². The van der Waals surface area contributed by atoms with Crippen molar-refractivity contribution in [1.82, 2.24) is 4.90 Å². The molecule has 1 aromatic rings. The summed E-state index contributed by atoms with van der Waals surface area (Å²) in [6.45, 7) is 1.51. The van der Waals surface area contributed by atoms with Gasteiger partial charge >= 0.3 is 12.3 Å². The summed E-state index contributed by atoms with van der Waals surface area (Å²) < 4.78 is 40.9. The van der Waals surface area contributed by atoms with E-state index in [-0.39, 0.29) is 36.6 Å². The number of hydrogen-bond acceptors (Lipinski definition) is 3. The molecule has 0 saturated carbocycles. The minimum absolute atomic E-state index is 0.0366. The number of carbonyl (C=O) groups is 2. The average molecular weight is 333 g/mol. The molecule has 1 rings (SSSR count). The fraction of sp³-hybridized carbons (Fsp3) is 0.467. The SMILES string of the molecule is CC(CN(C)C(=O)CCc1ccccc1OC(F)(F)F)C(=O)O. The van der Waals surface area contributed by atoms with Gasteiger partial charge in [0.1, 0.15) is 5.75 Å². The van der Waals surface area contributed by atoms with Crippen LogP contribution in [0.25, 0.3) is 0 Å². The highest BCUT2D eigenvalue weighted by molar-refractivity contribution is 5.77. The predicted octanol–water partition coefficient (Wildman–Crippen LogP) is 2.70. The van der Waals surface area contributed by atoms with Crippen molar-refractivity contribution in [3.05, 3.63) is 29.8 Å². The number of nitrogens with zero attached hydrogens (tertiary/aromatic N) is 1. The Kier molecular flexibility index (Phi) is 6.41. The summed E-state index contributed by atoms with van der Waals surface area (Å²) in [7, 11) is 1.46. The number of halogens is 3. The Hall–Kier alpha value is -2.25. The van der Waals surface area contributed by atoms with Gasteiger partial charge in [0.2, 0.25) is 5.91 Å². The number of carboxylic acids is 1. The Labute approximate surface area is 131 Å². The number of carbonyl (C=O) groups excluding carboxylic acids is 1. The zero-order valence-electron chi connectivity index (χ0n) is 12.8. The Balaban J connectivity index is 2.64. The molecular formula is C15H18F3NO4. The molecule has 0 aliphatic rings. The van der Waals surface area contributed by atoms with Crippen LogP contribution in [0.2, 0.25) is 0 Å². The Bertz CT molecular complexity index is 560. The molecular weight excluding hydrogens is 315 g/mol. The first-order valence-electron chi connectivity index (χ1n) is 6.90. The van der Waals surface area contributed by atoms with Crippen molar-refractivity contribution >= 4 is 11.9 Å². The number of benzene rings is 1. The van der Waals surface area contributed by atoms with Gasteiger partial charge in [0.05, 0.1) is 5.92 Å². The smallest absolute Gasteiger partial charge is 0.481 e. The van der Waals surface area contributed by atoms with Crippen molar-refractivity contribution in [2.24, 2.45) is 5.92 Å². The maximum Gasteiger partial charge on any atom is 0.573 e. The van der Waals surface area contributed by atoms with Crippen molar-refractivity contribution in [3.8, 4) is 5.75 Å². The lowest BCUT2D eigenvalue weighted by atomic mass is 10.1. The predicted molar refractivity (Wildman–Crippen MR) is 75.9 cm³/mol. The number of carboxylic acid groups (broad SMARTS) is 1. The van der Waals surface area contributed by atoms with Gasteiger partial charge in [-0.25, -0.2) is 0 Å². The van der Waals surface area contributed by atoms with E-state index >= 15 is 0 Å². The summed E-state index contributed by atoms with van der Waals surface area (Å²) in [5.74, 6) is -2.42. The van der Waals surface area contributed by atoms with Crippen molar-refractivity contribution in [2.45, 2.75) is 26.1 Å². The fourth-order valence-corrected chi connectivity index (χ4v) is 1.96. The van der Waals surface area contributed by atoms with Crippen molar-refractivity contribution in [1.29, 1.82) is 0 Å². The number of amides is 1. The monoisotopic (exact) mass is 333 g/mol. The second kappa shape index (κ2) is 7.85. The summed E-state index contributed by atoms with van der Waals surface area (Å²) in [5.41, 5.74) is 0.262. The summed E-state index contributed by atoms with van der Waals surface area (Å²) >= 11 is 0. The highest BCUT2D eigenvalue weighted by Gasteiger charge is 2.32. The van der Waals surface area contributed by atoms with Crippen LogP contribution in [0, 0.1) is 5.92 Å². The van der Waals surface area contributed by atoms with E-state index in [2.05, 4.69) is 4.74 Å². The molecule has 5 nitrogen and oxygen atoms in total. The quantitative estimate of drug-likeness (QED) is 0.833. The maximum atomic E-state index is 12.3. The van der Waals surface area contributed by atoms with E-state index < -0.39 is 18.2 Å². The van der Waals surface area contributed by atoms with Crippen LogP contribution in [-0.4, -0.2) is 41.8 Å². The van der Waals surface area contributed by atoms with Crippen LogP contribution in [0.1, 0.15) is 18.9 Å². The first-order chi connectivity index (χ1) is 10.6. The van der Waals surface area contributed by atoms with Crippen LogP contribution in [0.15, 0.2) is 24.3 Å². The second-order valence-electron chi connectivity index (χ2n) is 5.17. The third-order valence-corrected chi connectivity index (χ3v) is 3.20. The summed E-state index contributed by atoms with van der Waals surface area (Å²) in [4.78, 5) is 24.0. The minimum Gasteiger partial charge on any atom is -0.481 e. The molecule has 1 N–H and O–H groups in total. The van der Waals surface area contributed by atoms with E-state index in [1.807, 2.05) is 0 Å². The normalized spacial score (nSPS) is 12.6. The standard InChI is InChI=1S/C15H18F3NO4/c1-10(14(21)22)9-19(2)13(20)8-7-11-5-3-4-6-12(11)23-15(16,17)18/h3-6,10H,7-9H2,1-2H3,(H,21,22). The zero-order valence-corrected chi connectivity index (χ0v) is 12.8. The van der Waals surface area contributed by atoms with E-state index in [9.17, 15) is 22.8 Å². The fourth-order valence-electron chi connectivity index (χ4n) is 1.96. The Morgan fingerprint density at radius 2 is 1.91 bits per heavy atom. The molecule has 1 aromatic carbocycles. The molecule has 1 amide bonds. The van der Waals surface area contributed by atoms with E-state index in [1.165, 1.54) is 37.1 Å². The molecule has 0 fully saturated rings. The lowest BCUT2D eigenvalue weighted by Gasteiger charge is -2.20. The number of aryl methyl sites for hydroxylation is 1. The molecule has 8 heteroatoms. The summed E-state index contributed by atoms with van der Waals surface area (Å²) in [6.07, 6.45) is -4.77. The molecule has 0 radical (unpaired) electrons. The van der Waals surface area contributed by atoms with Crippen LogP contribution >= 0.6 is 0 Å². The van der Waals surface area contributed by atoms with E-state index in [0.29, 0.717) is 0 Å². The van der Waals surface area contributed by atoms with Gasteiger partial charge in [-0.15, -0.1) is 13.2 Å². The first-order valence-corrected chi connectivity index (χ1v) is 6.90. The molecule has 0 bridgehead atoms. The van der Waals surface area contributed by atoms with E-state index in [4.69, 9.17) is 5.11 Å². The highest BCUT2D eigenvalue weighted by atomic mass is 19.4. The van der Waals surface area contributed by atoms with Crippen LogP contribution in [0.3, 0.4) is 0 Å². The summed E-state index contributed by atoms with van der Waals surface area (Å²) in [6, 6.07) is 5.60. The van der Waals surface area contributed by atoms with Crippen molar-refractivity contribution < 1.29 is 32.6 Å². The van der Waals surface area contributed by atoms with Gasteiger partial charge in [0.25, 0.3) is 0 Å². The molecule has 0 aliphatic heterocycles.